The minimum absolute atomic E-state index is 0.342. The van der Waals surface area contributed by atoms with Crippen molar-refractivity contribution in [2.75, 3.05) is 5.75 Å². The van der Waals surface area contributed by atoms with Gasteiger partial charge >= 0.3 is 0 Å². The number of thioether (sulfide) groups is 1. The Balaban J connectivity index is 2.73. The molecule has 0 aromatic carbocycles. The van der Waals surface area contributed by atoms with Crippen LogP contribution >= 0.6 is 11.8 Å². The summed E-state index contributed by atoms with van der Waals surface area (Å²) in [6, 6.07) is 0.911. The average molecular weight is 296 g/mol. The molecule has 7 nitrogen and oxygen atoms in total. The quantitative estimate of drug-likeness (QED) is 0.207. The number of hydrogen-bond donors (Lipinski definition) is 1. The van der Waals surface area contributed by atoms with Crippen molar-refractivity contribution in [3.8, 4) is 0 Å². The summed E-state index contributed by atoms with van der Waals surface area (Å²) < 4.78 is 0. The van der Waals surface area contributed by atoms with Crippen LogP contribution in [0.3, 0.4) is 0 Å². The summed E-state index contributed by atoms with van der Waals surface area (Å²) in [6.07, 6.45) is 5.32. The summed E-state index contributed by atoms with van der Waals surface area (Å²) in [6.45, 7) is 3.34. The van der Waals surface area contributed by atoms with Crippen LogP contribution in [0.25, 0.3) is 0 Å². The molecule has 1 heterocycles. The second-order valence-corrected chi connectivity index (χ2v) is 4.89. The maximum absolute atomic E-state index is 10.8. The Morgan fingerprint density at radius 2 is 2.25 bits per heavy atom. The topological polar surface area (TPSA) is 102 Å². The lowest BCUT2D eigenvalue weighted by atomic mass is 10.1. The molecule has 0 spiro atoms. The standard InChI is InChI=1S/C12H16N4O3S/c1-3-10(9(2)16(18)19)7-11(15-17)8-20-12-13-5-4-6-14-12/h4-7,9,17H,3,8H2,1-2H3. The van der Waals surface area contributed by atoms with Gasteiger partial charge in [0.1, 0.15) is 0 Å². The van der Waals surface area contributed by atoms with Crippen molar-refractivity contribution in [3.63, 3.8) is 0 Å². The van der Waals surface area contributed by atoms with Crippen LogP contribution in [0.5, 0.6) is 0 Å². The summed E-state index contributed by atoms with van der Waals surface area (Å²) in [5, 5.41) is 23.5. The number of hydrogen-bond acceptors (Lipinski definition) is 7. The molecule has 0 aliphatic rings. The van der Waals surface area contributed by atoms with Crippen molar-refractivity contribution >= 4 is 17.5 Å². The summed E-state index contributed by atoms with van der Waals surface area (Å²) in [5.41, 5.74) is 0.963. The highest BCUT2D eigenvalue weighted by Crippen LogP contribution is 2.15. The third kappa shape index (κ3) is 4.96. The van der Waals surface area contributed by atoms with Gasteiger partial charge in [0.2, 0.25) is 6.04 Å². The smallest absolute Gasteiger partial charge is 0.231 e. The number of nitro groups is 1. The predicted molar refractivity (Wildman–Crippen MR) is 76.8 cm³/mol. The highest BCUT2D eigenvalue weighted by atomic mass is 32.2. The number of oxime groups is 1. The predicted octanol–water partition coefficient (Wildman–Crippen LogP) is 2.40. The van der Waals surface area contributed by atoms with E-state index in [9.17, 15) is 10.1 Å². The van der Waals surface area contributed by atoms with Gasteiger partial charge in [-0.1, -0.05) is 23.8 Å². The highest BCUT2D eigenvalue weighted by molar-refractivity contribution is 7.99. The fourth-order valence-corrected chi connectivity index (χ4v) is 2.15. The monoisotopic (exact) mass is 296 g/mol. The van der Waals surface area contributed by atoms with Crippen molar-refractivity contribution < 1.29 is 10.1 Å². The first-order chi connectivity index (χ1) is 9.58. The van der Waals surface area contributed by atoms with Crippen LogP contribution in [0.4, 0.5) is 0 Å². The van der Waals surface area contributed by atoms with E-state index in [4.69, 9.17) is 5.21 Å². The first-order valence-electron chi connectivity index (χ1n) is 6.03. The SMILES string of the molecule is CCC(=CC(CSc1ncccn1)=NO)C(C)[N+](=O)[O-]. The molecular formula is C12H16N4O3S. The third-order valence-corrected chi connectivity index (χ3v) is 3.54. The molecule has 1 N–H and O–H groups in total. The maximum atomic E-state index is 10.8. The molecule has 1 rings (SSSR count). The average Bonchev–Trinajstić information content (AvgIpc) is 2.48. The lowest BCUT2D eigenvalue weighted by Crippen LogP contribution is -2.18. The van der Waals surface area contributed by atoms with E-state index in [-0.39, 0.29) is 4.92 Å². The summed E-state index contributed by atoms with van der Waals surface area (Å²) in [5.74, 6) is 0.342. The largest absolute Gasteiger partial charge is 0.411 e. The minimum atomic E-state index is -0.797. The lowest BCUT2D eigenvalue weighted by molar-refractivity contribution is -0.507. The van der Waals surface area contributed by atoms with Crippen LogP contribution < -0.4 is 0 Å². The highest BCUT2D eigenvalue weighted by Gasteiger charge is 2.18. The molecule has 1 atom stereocenters. The Hall–Kier alpha value is -1.96. The molecule has 0 fully saturated rings. The zero-order valence-corrected chi connectivity index (χ0v) is 12.1. The van der Waals surface area contributed by atoms with E-state index in [1.165, 1.54) is 18.7 Å². The Morgan fingerprint density at radius 1 is 1.60 bits per heavy atom. The zero-order chi connectivity index (χ0) is 15.0. The normalized spacial score (nSPS) is 14.1. The summed E-state index contributed by atoms with van der Waals surface area (Å²) in [7, 11) is 0. The third-order valence-electron chi connectivity index (χ3n) is 2.63. The number of rotatable bonds is 7. The molecule has 0 aliphatic carbocycles. The van der Waals surface area contributed by atoms with Gasteiger partial charge in [0, 0.05) is 35.6 Å². The number of allylic oxidation sites excluding steroid dienone is 1. The van der Waals surface area contributed by atoms with Crippen LogP contribution in [-0.4, -0.2) is 37.6 Å². The molecule has 1 aromatic heterocycles. The Labute approximate surface area is 121 Å². The van der Waals surface area contributed by atoms with E-state index in [2.05, 4.69) is 15.1 Å². The molecule has 1 aromatic rings. The first kappa shape index (κ1) is 16.1. The molecule has 0 saturated heterocycles. The fraction of sp³-hybridized carbons (Fsp3) is 0.417. The minimum Gasteiger partial charge on any atom is -0.411 e. The molecular weight excluding hydrogens is 280 g/mol. The van der Waals surface area contributed by atoms with Crippen LogP contribution in [0.15, 0.2) is 40.4 Å². The van der Waals surface area contributed by atoms with Gasteiger partial charge in [0.15, 0.2) is 5.16 Å². The van der Waals surface area contributed by atoms with E-state index in [0.29, 0.717) is 28.6 Å². The second-order valence-electron chi connectivity index (χ2n) is 3.95. The number of aromatic nitrogens is 2. The van der Waals surface area contributed by atoms with Gasteiger partial charge in [0.25, 0.3) is 0 Å². The Kier molecular flexibility index (Phi) is 6.65. The number of nitrogens with zero attached hydrogens (tertiary/aromatic N) is 4. The van der Waals surface area contributed by atoms with Gasteiger partial charge in [-0.05, 0) is 18.6 Å². The van der Waals surface area contributed by atoms with Crippen molar-refractivity contribution in [2.24, 2.45) is 5.16 Å². The summed E-state index contributed by atoms with van der Waals surface area (Å²) in [4.78, 5) is 18.5. The first-order valence-corrected chi connectivity index (χ1v) is 7.01. The van der Waals surface area contributed by atoms with Crippen LogP contribution in [0.1, 0.15) is 20.3 Å². The zero-order valence-electron chi connectivity index (χ0n) is 11.3. The van der Waals surface area contributed by atoms with Gasteiger partial charge in [-0.15, -0.1) is 0 Å². The fourth-order valence-electron chi connectivity index (χ4n) is 1.47. The molecule has 1 unspecified atom stereocenters. The second kappa shape index (κ2) is 8.26. The van der Waals surface area contributed by atoms with Gasteiger partial charge in [-0.3, -0.25) is 10.1 Å². The van der Waals surface area contributed by atoms with E-state index in [0.717, 1.165) is 0 Å². The lowest BCUT2D eigenvalue weighted by Gasteiger charge is -2.07. The van der Waals surface area contributed by atoms with Gasteiger partial charge in [-0.2, -0.15) is 0 Å². The van der Waals surface area contributed by atoms with Crippen molar-refractivity contribution in [2.45, 2.75) is 31.5 Å². The molecule has 0 bridgehead atoms. The van der Waals surface area contributed by atoms with E-state index < -0.39 is 6.04 Å². The van der Waals surface area contributed by atoms with E-state index in [1.54, 1.807) is 24.5 Å². The Bertz CT molecular complexity index is 505. The van der Waals surface area contributed by atoms with Crippen LogP contribution in [0, 0.1) is 10.1 Å². The molecule has 108 valence electrons. The van der Waals surface area contributed by atoms with Gasteiger partial charge < -0.3 is 5.21 Å². The molecule has 8 heteroatoms. The molecule has 0 amide bonds. The van der Waals surface area contributed by atoms with E-state index >= 15 is 0 Å². The molecule has 0 radical (unpaired) electrons. The van der Waals surface area contributed by atoms with Crippen LogP contribution in [0.2, 0.25) is 0 Å². The molecule has 20 heavy (non-hydrogen) atoms. The summed E-state index contributed by atoms with van der Waals surface area (Å²) >= 11 is 1.30. The van der Waals surface area contributed by atoms with E-state index in [1.807, 2.05) is 6.92 Å². The maximum Gasteiger partial charge on any atom is 0.231 e. The van der Waals surface area contributed by atoms with Crippen molar-refractivity contribution in [3.05, 3.63) is 40.2 Å². The molecule has 0 saturated carbocycles. The van der Waals surface area contributed by atoms with Crippen molar-refractivity contribution in [1.82, 2.24) is 9.97 Å². The van der Waals surface area contributed by atoms with Gasteiger partial charge in [-0.25, -0.2) is 9.97 Å². The van der Waals surface area contributed by atoms with Crippen molar-refractivity contribution in [1.29, 1.82) is 0 Å². The Morgan fingerprint density at radius 3 is 2.75 bits per heavy atom. The van der Waals surface area contributed by atoms with Crippen LogP contribution in [-0.2, 0) is 0 Å². The van der Waals surface area contributed by atoms with Gasteiger partial charge in [0.05, 0.1) is 5.71 Å². The molecule has 0 aliphatic heterocycles.